The molecular formula is C15H24BrN3O. The summed E-state index contributed by atoms with van der Waals surface area (Å²) in [7, 11) is 2.16. The van der Waals surface area contributed by atoms with Gasteiger partial charge in [0, 0.05) is 41.4 Å². The van der Waals surface area contributed by atoms with Crippen LogP contribution in [0.25, 0.3) is 0 Å². The number of aromatic nitrogens is 1. The highest BCUT2D eigenvalue weighted by Crippen LogP contribution is 2.25. The van der Waals surface area contributed by atoms with Crippen LogP contribution in [0.1, 0.15) is 32.3 Å². The Balaban J connectivity index is 1.87. The van der Waals surface area contributed by atoms with E-state index in [1.165, 1.54) is 12.8 Å². The summed E-state index contributed by atoms with van der Waals surface area (Å²) < 4.78 is 6.85. The van der Waals surface area contributed by atoms with Gasteiger partial charge in [0.05, 0.1) is 0 Å². The minimum Gasteiger partial charge on any atom is -0.476 e. The van der Waals surface area contributed by atoms with Crippen LogP contribution in [-0.4, -0.2) is 42.2 Å². The summed E-state index contributed by atoms with van der Waals surface area (Å²) in [6.07, 6.45) is 4.45. The van der Waals surface area contributed by atoms with Gasteiger partial charge in [-0.2, -0.15) is 0 Å². The molecule has 0 bridgehead atoms. The highest BCUT2D eigenvalue weighted by atomic mass is 79.9. The average Bonchev–Trinajstić information content (AvgIpc) is 3.22. The lowest BCUT2D eigenvalue weighted by Crippen LogP contribution is -2.27. The number of halogens is 1. The van der Waals surface area contributed by atoms with Crippen molar-refractivity contribution in [3.8, 4) is 5.88 Å². The molecule has 1 saturated carbocycles. The molecule has 4 nitrogen and oxygen atoms in total. The summed E-state index contributed by atoms with van der Waals surface area (Å²) in [6.45, 7) is 6.70. The van der Waals surface area contributed by atoms with Gasteiger partial charge < -0.3 is 15.0 Å². The number of nitrogens with zero attached hydrogens (tertiary/aromatic N) is 2. The summed E-state index contributed by atoms with van der Waals surface area (Å²) >= 11 is 3.47. The molecule has 1 heterocycles. The van der Waals surface area contributed by atoms with Crippen molar-refractivity contribution in [1.82, 2.24) is 15.2 Å². The molecule has 0 amide bonds. The van der Waals surface area contributed by atoms with Gasteiger partial charge in [0.15, 0.2) is 0 Å². The molecule has 1 aliphatic carbocycles. The van der Waals surface area contributed by atoms with E-state index in [4.69, 9.17) is 4.74 Å². The zero-order chi connectivity index (χ0) is 14.5. The number of rotatable bonds is 8. The molecule has 0 radical (unpaired) electrons. The van der Waals surface area contributed by atoms with Crippen LogP contribution in [0.4, 0.5) is 0 Å². The first-order valence-electron chi connectivity index (χ1n) is 7.27. The zero-order valence-corrected chi connectivity index (χ0v) is 14.1. The van der Waals surface area contributed by atoms with E-state index < -0.39 is 0 Å². The van der Waals surface area contributed by atoms with Crippen LogP contribution in [0, 0.1) is 0 Å². The fourth-order valence-electron chi connectivity index (χ4n) is 2.02. The van der Waals surface area contributed by atoms with Gasteiger partial charge in [-0.15, -0.1) is 0 Å². The molecular weight excluding hydrogens is 318 g/mol. The van der Waals surface area contributed by atoms with Crippen molar-refractivity contribution in [2.75, 3.05) is 20.2 Å². The van der Waals surface area contributed by atoms with Crippen LogP contribution in [0.2, 0.25) is 0 Å². The van der Waals surface area contributed by atoms with Gasteiger partial charge in [-0.25, -0.2) is 4.98 Å². The van der Waals surface area contributed by atoms with Crippen molar-refractivity contribution in [2.24, 2.45) is 0 Å². The molecule has 0 unspecified atom stereocenters. The van der Waals surface area contributed by atoms with Gasteiger partial charge >= 0.3 is 0 Å². The SMILES string of the molecule is CC(C)NCc1cc(Br)cnc1OCCN(C)C1CC1. The summed E-state index contributed by atoms with van der Waals surface area (Å²) in [5, 5.41) is 3.41. The Morgan fingerprint density at radius 3 is 2.90 bits per heavy atom. The largest absolute Gasteiger partial charge is 0.476 e. The summed E-state index contributed by atoms with van der Waals surface area (Å²) in [6, 6.07) is 3.30. The van der Waals surface area contributed by atoms with E-state index in [0.717, 1.165) is 35.0 Å². The van der Waals surface area contributed by atoms with Crippen LogP contribution in [-0.2, 0) is 6.54 Å². The zero-order valence-electron chi connectivity index (χ0n) is 12.5. The number of hydrogen-bond donors (Lipinski definition) is 1. The van der Waals surface area contributed by atoms with E-state index in [0.29, 0.717) is 12.6 Å². The van der Waals surface area contributed by atoms with Crippen molar-refractivity contribution >= 4 is 15.9 Å². The number of ether oxygens (including phenoxy) is 1. The lowest BCUT2D eigenvalue weighted by atomic mass is 10.2. The first-order chi connectivity index (χ1) is 9.56. The van der Waals surface area contributed by atoms with Crippen LogP contribution in [0.5, 0.6) is 5.88 Å². The maximum Gasteiger partial charge on any atom is 0.217 e. The molecule has 1 aromatic heterocycles. The van der Waals surface area contributed by atoms with Crippen LogP contribution in [0.3, 0.4) is 0 Å². The third-order valence-electron chi connectivity index (χ3n) is 3.45. The molecule has 0 spiro atoms. The number of hydrogen-bond acceptors (Lipinski definition) is 4. The number of pyridine rings is 1. The van der Waals surface area contributed by atoms with Crippen LogP contribution >= 0.6 is 15.9 Å². The summed E-state index contributed by atoms with van der Waals surface area (Å²) in [5.74, 6) is 0.741. The molecule has 20 heavy (non-hydrogen) atoms. The van der Waals surface area contributed by atoms with E-state index in [2.05, 4.69) is 58.1 Å². The third kappa shape index (κ3) is 5.04. The van der Waals surface area contributed by atoms with E-state index >= 15 is 0 Å². The normalized spacial score (nSPS) is 15.1. The average molecular weight is 342 g/mol. The van der Waals surface area contributed by atoms with Gasteiger partial charge in [-0.1, -0.05) is 13.8 Å². The highest BCUT2D eigenvalue weighted by molar-refractivity contribution is 9.10. The van der Waals surface area contributed by atoms with Crippen molar-refractivity contribution in [2.45, 2.75) is 45.3 Å². The Morgan fingerprint density at radius 2 is 2.25 bits per heavy atom. The van der Waals surface area contributed by atoms with Crippen molar-refractivity contribution < 1.29 is 4.74 Å². The topological polar surface area (TPSA) is 37.4 Å². The standard InChI is InChI=1S/C15H24BrN3O/c1-11(2)17-9-12-8-13(16)10-18-15(12)20-7-6-19(3)14-4-5-14/h8,10-11,14,17H,4-7,9H2,1-3H3. The minimum atomic E-state index is 0.447. The lowest BCUT2D eigenvalue weighted by molar-refractivity contribution is 0.224. The molecule has 1 aliphatic rings. The van der Waals surface area contributed by atoms with Crippen molar-refractivity contribution in [3.63, 3.8) is 0 Å². The second kappa shape index (κ2) is 7.38. The minimum absolute atomic E-state index is 0.447. The van der Waals surface area contributed by atoms with Gasteiger partial charge in [0.2, 0.25) is 5.88 Å². The molecule has 2 rings (SSSR count). The predicted molar refractivity (Wildman–Crippen MR) is 85.1 cm³/mol. The van der Waals surface area contributed by atoms with E-state index in [9.17, 15) is 0 Å². The van der Waals surface area contributed by atoms with Gasteiger partial charge in [-0.05, 0) is 41.9 Å². The Kier molecular flexibility index (Phi) is 5.81. The molecule has 1 N–H and O–H groups in total. The molecule has 0 aliphatic heterocycles. The monoisotopic (exact) mass is 341 g/mol. The summed E-state index contributed by atoms with van der Waals surface area (Å²) in [4.78, 5) is 6.75. The second-order valence-corrected chi connectivity index (χ2v) is 6.63. The molecule has 0 saturated heterocycles. The third-order valence-corrected chi connectivity index (χ3v) is 3.88. The molecule has 5 heteroatoms. The maximum atomic E-state index is 5.86. The fraction of sp³-hybridized carbons (Fsp3) is 0.667. The van der Waals surface area contributed by atoms with Crippen molar-refractivity contribution in [3.05, 3.63) is 22.3 Å². The predicted octanol–water partition coefficient (Wildman–Crippen LogP) is 2.82. The first-order valence-corrected chi connectivity index (χ1v) is 8.06. The lowest BCUT2D eigenvalue weighted by Gasteiger charge is -2.17. The molecule has 1 fully saturated rings. The van der Waals surface area contributed by atoms with Crippen molar-refractivity contribution in [1.29, 1.82) is 0 Å². The molecule has 0 aromatic carbocycles. The van der Waals surface area contributed by atoms with Gasteiger partial charge in [0.1, 0.15) is 6.61 Å². The van der Waals surface area contributed by atoms with E-state index in [1.807, 2.05) is 0 Å². The van der Waals surface area contributed by atoms with Gasteiger partial charge in [-0.3, -0.25) is 0 Å². The molecule has 0 atom stereocenters. The quantitative estimate of drug-likeness (QED) is 0.788. The van der Waals surface area contributed by atoms with Crippen LogP contribution < -0.4 is 10.1 Å². The Hall–Kier alpha value is -0.650. The van der Waals surface area contributed by atoms with E-state index in [1.54, 1.807) is 6.20 Å². The molecule has 112 valence electrons. The van der Waals surface area contributed by atoms with Gasteiger partial charge in [0.25, 0.3) is 0 Å². The maximum absolute atomic E-state index is 5.86. The second-order valence-electron chi connectivity index (χ2n) is 5.71. The Labute approximate surface area is 130 Å². The summed E-state index contributed by atoms with van der Waals surface area (Å²) in [5.41, 5.74) is 1.10. The molecule has 1 aromatic rings. The smallest absolute Gasteiger partial charge is 0.217 e. The van der Waals surface area contributed by atoms with E-state index in [-0.39, 0.29) is 0 Å². The van der Waals surface area contributed by atoms with Crippen LogP contribution in [0.15, 0.2) is 16.7 Å². The fourth-order valence-corrected chi connectivity index (χ4v) is 2.40. The first kappa shape index (κ1) is 15.7. The number of likely N-dealkylation sites (N-methyl/N-ethyl adjacent to an activating group) is 1. The number of nitrogens with one attached hydrogen (secondary N) is 1. The Bertz CT molecular complexity index is 435. The highest BCUT2D eigenvalue weighted by Gasteiger charge is 2.25. The Morgan fingerprint density at radius 1 is 1.50 bits per heavy atom.